The fraction of sp³-hybridized carbons (Fsp3) is 0.629. The maximum absolute atomic E-state index is 14.1. The Morgan fingerprint density at radius 3 is 2.11 bits per heavy atom. The van der Waals surface area contributed by atoms with Crippen LogP contribution in [0.25, 0.3) is 0 Å². The molecule has 4 aliphatic rings. The summed E-state index contributed by atoms with van der Waals surface area (Å²) in [5.74, 6) is 0.333. The summed E-state index contributed by atoms with van der Waals surface area (Å²) < 4.78 is 1.52. The van der Waals surface area contributed by atoms with Crippen LogP contribution in [0.5, 0.6) is 0 Å². The van der Waals surface area contributed by atoms with Gasteiger partial charge in [0.25, 0.3) is 5.91 Å². The molecule has 10 nitrogen and oxygen atoms in total. The van der Waals surface area contributed by atoms with E-state index in [2.05, 4.69) is 34.9 Å². The zero-order valence-electron chi connectivity index (χ0n) is 27.1. The van der Waals surface area contributed by atoms with Crippen molar-refractivity contribution < 1.29 is 19.2 Å². The largest absolute Gasteiger partial charge is 0.353 e. The molecule has 3 unspecified atom stereocenters. The highest BCUT2D eigenvalue weighted by molar-refractivity contribution is 6.01. The monoisotopic (exact) mass is 616 g/mol. The molecule has 4 atom stereocenters. The Labute approximate surface area is 266 Å². The summed E-state index contributed by atoms with van der Waals surface area (Å²) in [4.78, 5) is 55.3. The molecule has 10 heteroatoms. The molecule has 4 amide bonds. The fourth-order valence-corrected chi connectivity index (χ4v) is 7.83. The van der Waals surface area contributed by atoms with Crippen molar-refractivity contribution in [1.29, 1.82) is 0 Å². The average Bonchev–Trinajstić information content (AvgIpc) is 3.31. The van der Waals surface area contributed by atoms with Crippen molar-refractivity contribution >= 4 is 29.3 Å². The SMILES string of the molecule is CC(=O)N1CCC(C(=O)NC(C)C2CCC2)(c2ccc(NC(=O)[C@@H](NC(=O)c3ccnn3C)C(C3CCC3)C3(C)CC3)cc2)C1. The molecule has 0 radical (unpaired) electrons. The average molecular weight is 617 g/mol. The molecule has 3 N–H and O–H groups in total. The molecule has 2 aromatic rings. The standard InChI is InChI=1S/C35H48N6O4/c1-22(24-7-5-8-24)37-33(45)35(18-20-41(21-35)23(2)42)26-11-13-27(14-12-26)38-32(44)30(39-31(43)28-15-19-36-40(28)4)29(25-9-6-10-25)34(3)16-17-34/h11-15,19,22,24-25,29-30H,5-10,16-18,20-21H2,1-4H3,(H,37,45)(H,38,44)(H,39,43)/t22?,29?,30-,35?/m0/s1. The fourth-order valence-electron chi connectivity index (χ4n) is 7.83. The van der Waals surface area contributed by atoms with E-state index in [1.165, 1.54) is 11.1 Å². The molecule has 4 fully saturated rings. The summed E-state index contributed by atoms with van der Waals surface area (Å²) in [6.07, 6.45) is 11.0. The van der Waals surface area contributed by atoms with Gasteiger partial charge in [0.2, 0.25) is 17.7 Å². The van der Waals surface area contributed by atoms with Crippen molar-refractivity contribution in [2.75, 3.05) is 18.4 Å². The lowest BCUT2D eigenvalue weighted by atomic mass is 9.66. The predicted molar refractivity (Wildman–Crippen MR) is 171 cm³/mol. The first-order valence-corrected chi connectivity index (χ1v) is 16.8. The van der Waals surface area contributed by atoms with Crippen LogP contribution < -0.4 is 16.0 Å². The summed E-state index contributed by atoms with van der Waals surface area (Å²) in [7, 11) is 1.72. The quantitative estimate of drug-likeness (QED) is 0.350. The highest BCUT2D eigenvalue weighted by Gasteiger charge is 2.54. The molecular formula is C35H48N6O4. The number of benzene rings is 1. The van der Waals surface area contributed by atoms with Gasteiger partial charge in [-0.2, -0.15) is 5.10 Å². The number of carbonyl (C=O) groups excluding carboxylic acids is 4. The van der Waals surface area contributed by atoms with Crippen LogP contribution in [0.4, 0.5) is 5.69 Å². The number of nitrogens with one attached hydrogen (secondary N) is 3. The number of amides is 4. The third-order valence-corrected chi connectivity index (χ3v) is 11.6. The molecule has 3 saturated carbocycles. The Hall–Kier alpha value is -3.69. The number of hydrogen-bond donors (Lipinski definition) is 3. The van der Waals surface area contributed by atoms with E-state index in [1.54, 1.807) is 31.1 Å². The van der Waals surface area contributed by atoms with Crippen LogP contribution in [0.2, 0.25) is 0 Å². The molecule has 0 bridgehead atoms. The van der Waals surface area contributed by atoms with Gasteiger partial charge in [-0.1, -0.05) is 44.7 Å². The van der Waals surface area contributed by atoms with Gasteiger partial charge >= 0.3 is 0 Å². The van der Waals surface area contributed by atoms with E-state index in [4.69, 9.17) is 0 Å². The molecule has 1 aromatic carbocycles. The van der Waals surface area contributed by atoms with Crippen molar-refractivity contribution in [2.45, 2.75) is 96.1 Å². The van der Waals surface area contributed by atoms with Gasteiger partial charge in [-0.05, 0) is 86.0 Å². The molecule has 242 valence electrons. The second-order valence-corrected chi connectivity index (χ2v) is 14.5. The van der Waals surface area contributed by atoms with E-state index in [-0.39, 0.29) is 41.0 Å². The van der Waals surface area contributed by atoms with Crippen LogP contribution in [-0.2, 0) is 26.8 Å². The van der Waals surface area contributed by atoms with Gasteiger partial charge in [-0.3, -0.25) is 23.9 Å². The van der Waals surface area contributed by atoms with Crippen molar-refractivity contribution in [3.63, 3.8) is 0 Å². The lowest BCUT2D eigenvalue weighted by Gasteiger charge is -2.42. The van der Waals surface area contributed by atoms with Crippen LogP contribution in [-0.4, -0.2) is 63.5 Å². The van der Waals surface area contributed by atoms with Gasteiger partial charge in [0, 0.05) is 45.0 Å². The molecule has 6 rings (SSSR count). The molecule has 45 heavy (non-hydrogen) atoms. The van der Waals surface area contributed by atoms with Crippen LogP contribution in [0, 0.1) is 23.2 Å². The zero-order valence-corrected chi connectivity index (χ0v) is 27.1. The highest BCUT2D eigenvalue weighted by atomic mass is 16.2. The molecule has 1 aliphatic heterocycles. The summed E-state index contributed by atoms with van der Waals surface area (Å²) in [6, 6.07) is 8.55. The second-order valence-electron chi connectivity index (χ2n) is 14.5. The number of aromatic nitrogens is 2. The van der Waals surface area contributed by atoms with E-state index >= 15 is 0 Å². The van der Waals surface area contributed by atoms with Gasteiger partial charge < -0.3 is 20.9 Å². The Morgan fingerprint density at radius 1 is 0.933 bits per heavy atom. The van der Waals surface area contributed by atoms with Crippen molar-refractivity contribution in [3.8, 4) is 0 Å². The third-order valence-electron chi connectivity index (χ3n) is 11.6. The Kier molecular flexibility index (Phi) is 8.52. The normalized spacial score (nSPS) is 24.5. The van der Waals surface area contributed by atoms with Crippen LogP contribution in [0.15, 0.2) is 36.5 Å². The lowest BCUT2D eigenvalue weighted by molar-refractivity contribution is -0.130. The van der Waals surface area contributed by atoms with E-state index in [1.807, 2.05) is 24.3 Å². The summed E-state index contributed by atoms with van der Waals surface area (Å²) in [5, 5.41) is 13.6. The van der Waals surface area contributed by atoms with Gasteiger partial charge in [0.1, 0.15) is 11.7 Å². The number of likely N-dealkylation sites (tertiary alicyclic amines) is 1. The molecule has 3 aliphatic carbocycles. The maximum atomic E-state index is 14.1. The number of anilines is 1. The molecule has 1 saturated heterocycles. The van der Waals surface area contributed by atoms with Crippen molar-refractivity contribution in [3.05, 3.63) is 47.8 Å². The molecular weight excluding hydrogens is 568 g/mol. The second kappa shape index (κ2) is 12.2. The Morgan fingerprint density at radius 2 is 1.60 bits per heavy atom. The third kappa shape index (κ3) is 6.12. The van der Waals surface area contributed by atoms with Gasteiger partial charge in [-0.15, -0.1) is 0 Å². The number of carbonyl (C=O) groups is 4. The van der Waals surface area contributed by atoms with Gasteiger partial charge in [-0.25, -0.2) is 0 Å². The Bertz CT molecular complexity index is 1440. The van der Waals surface area contributed by atoms with E-state index in [0.717, 1.165) is 50.5 Å². The smallest absolute Gasteiger partial charge is 0.270 e. The van der Waals surface area contributed by atoms with E-state index in [9.17, 15) is 19.2 Å². The van der Waals surface area contributed by atoms with E-state index < -0.39 is 11.5 Å². The summed E-state index contributed by atoms with van der Waals surface area (Å²) in [6.45, 7) is 6.73. The highest BCUT2D eigenvalue weighted by Crippen LogP contribution is 2.58. The first-order chi connectivity index (χ1) is 21.5. The van der Waals surface area contributed by atoms with E-state index in [0.29, 0.717) is 42.7 Å². The summed E-state index contributed by atoms with van der Waals surface area (Å²) in [5.41, 5.74) is 1.04. The number of nitrogens with zero attached hydrogens (tertiary/aromatic N) is 3. The minimum atomic E-state index is -0.846. The number of hydrogen-bond acceptors (Lipinski definition) is 5. The number of rotatable bonds is 11. The van der Waals surface area contributed by atoms with Crippen molar-refractivity contribution in [2.24, 2.45) is 30.2 Å². The minimum Gasteiger partial charge on any atom is -0.353 e. The zero-order chi connectivity index (χ0) is 31.9. The van der Waals surface area contributed by atoms with Gasteiger partial charge in [0.15, 0.2) is 0 Å². The first kappa shape index (κ1) is 31.3. The molecule has 2 heterocycles. The topological polar surface area (TPSA) is 125 Å². The van der Waals surface area contributed by atoms with Crippen LogP contribution >= 0.6 is 0 Å². The van der Waals surface area contributed by atoms with Crippen molar-refractivity contribution in [1.82, 2.24) is 25.3 Å². The summed E-state index contributed by atoms with van der Waals surface area (Å²) >= 11 is 0. The molecule has 0 spiro atoms. The predicted octanol–water partition coefficient (Wildman–Crippen LogP) is 4.17. The number of aryl methyl sites for hydroxylation is 1. The molecule has 1 aromatic heterocycles. The minimum absolute atomic E-state index is 0.0259. The van der Waals surface area contributed by atoms with Crippen LogP contribution in [0.3, 0.4) is 0 Å². The van der Waals surface area contributed by atoms with Crippen LogP contribution in [0.1, 0.15) is 94.6 Å². The first-order valence-electron chi connectivity index (χ1n) is 16.8. The maximum Gasteiger partial charge on any atom is 0.270 e. The Balaban J connectivity index is 1.22. The van der Waals surface area contributed by atoms with Gasteiger partial charge in [0.05, 0.1) is 5.41 Å². The lowest BCUT2D eigenvalue weighted by Crippen LogP contribution is -2.54.